The Morgan fingerprint density at radius 3 is 2.58 bits per heavy atom. The van der Waals surface area contributed by atoms with Crippen LogP contribution in [0, 0.1) is 0 Å². The zero-order chi connectivity index (χ0) is 16.5. The maximum atomic E-state index is 6.05. The Hall–Kier alpha value is -2.64. The van der Waals surface area contributed by atoms with E-state index in [1.165, 1.54) is 0 Å². The highest BCUT2D eigenvalue weighted by molar-refractivity contribution is 6.42. The Morgan fingerprint density at radius 1 is 1.00 bits per heavy atom. The van der Waals surface area contributed by atoms with Crippen LogP contribution in [-0.4, -0.2) is 20.3 Å². The van der Waals surface area contributed by atoms with Crippen molar-refractivity contribution in [2.45, 2.75) is 6.42 Å². The van der Waals surface area contributed by atoms with Gasteiger partial charge in [-0.25, -0.2) is 14.6 Å². The minimum absolute atomic E-state index is 0.306. The Kier molecular flexibility index (Phi) is 3.79. The van der Waals surface area contributed by atoms with Crippen LogP contribution >= 0.6 is 23.2 Å². The fraction of sp³-hybridized carbons (Fsp3) is 0.0667. The van der Waals surface area contributed by atoms with Gasteiger partial charge < -0.3 is 9.73 Å². The molecular formula is C15H9Cl2N5O2. The second kappa shape index (κ2) is 6.10. The van der Waals surface area contributed by atoms with Gasteiger partial charge in [-0.2, -0.15) is 0 Å². The van der Waals surface area contributed by atoms with Gasteiger partial charge in [0.2, 0.25) is 11.3 Å². The molecule has 0 atom stereocenters. The van der Waals surface area contributed by atoms with Gasteiger partial charge >= 0.3 is 0 Å². The van der Waals surface area contributed by atoms with Gasteiger partial charge in [0.1, 0.15) is 5.76 Å². The fourth-order valence-corrected chi connectivity index (χ4v) is 2.48. The van der Waals surface area contributed by atoms with Crippen molar-refractivity contribution in [1.29, 1.82) is 0 Å². The number of anilines is 2. The number of fused-ring (bicyclic) bond motifs is 1. The minimum Gasteiger partial charge on any atom is -0.469 e. The maximum absolute atomic E-state index is 6.05. The van der Waals surface area contributed by atoms with Crippen LogP contribution in [0.3, 0.4) is 0 Å². The van der Waals surface area contributed by atoms with E-state index < -0.39 is 0 Å². The maximum Gasteiger partial charge on any atom is 0.245 e. The van der Waals surface area contributed by atoms with Crippen LogP contribution in [-0.2, 0) is 6.42 Å². The highest BCUT2D eigenvalue weighted by Gasteiger charge is 2.15. The van der Waals surface area contributed by atoms with Gasteiger partial charge in [0.25, 0.3) is 0 Å². The van der Waals surface area contributed by atoms with Crippen LogP contribution in [0.1, 0.15) is 11.5 Å². The summed E-state index contributed by atoms with van der Waals surface area (Å²) in [6, 6.07) is 8.86. The van der Waals surface area contributed by atoms with E-state index >= 15 is 0 Å². The molecule has 0 aliphatic carbocycles. The SMILES string of the molecule is Clc1ccc(Nc2nc3nonc3nc2Cc2ccco2)cc1Cl. The first-order valence-electron chi connectivity index (χ1n) is 6.93. The monoisotopic (exact) mass is 361 g/mol. The summed E-state index contributed by atoms with van der Waals surface area (Å²) in [5.41, 5.74) is 1.99. The second-order valence-electron chi connectivity index (χ2n) is 4.94. The summed E-state index contributed by atoms with van der Waals surface area (Å²) in [6.45, 7) is 0. The predicted molar refractivity (Wildman–Crippen MR) is 88.7 cm³/mol. The van der Waals surface area contributed by atoms with Crippen molar-refractivity contribution in [3.63, 3.8) is 0 Å². The van der Waals surface area contributed by atoms with E-state index in [0.717, 1.165) is 11.4 Å². The Bertz CT molecular complexity index is 1000. The summed E-state index contributed by atoms with van der Waals surface area (Å²) in [5, 5.41) is 11.5. The molecule has 4 aromatic rings. The van der Waals surface area contributed by atoms with Crippen LogP contribution in [0.25, 0.3) is 11.3 Å². The van der Waals surface area contributed by atoms with E-state index in [0.29, 0.717) is 39.3 Å². The van der Waals surface area contributed by atoms with Gasteiger partial charge in [-0.3, -0.25) is 0 Å². The molecule has 120 valence electrons. The standard InChI is InChI=1S/C15H9Cl2N5O2/c16-10-4-3-8(6-11(10)17)18-13-12(7-9-2-1-5-23-9)19-14-15(20-13)22-24-21-14/h1-6H,7H2,(H,18,20,22). The molecule has 0 aliphatic rings. The first-order valence-corrected chi connectivity index (χ1v) is 7.68. The van der Waals surface area contributed by atoms with Gasteiger partial charge in [-0.05, 0) is 40.6 Å². The second-order valence-corrected chi connectivity index (χ2v) is 5.75. The number of nitrogens with zero attached hydrogens (tertiary/aromatic N) is 4. The van der Waals surface area contributed by atoms with Crippen molar-refractivity contribution >= 4 is 46.0 Å². The highest BCUT2D eigenvalue weighted by atomic mass is 35.5. The Balaban J connectivity index is 1.75. The lowest BCUT2D eigenvalue weighted by molar-refractivity contribution is 0.314. The average molecular weight is 362 g/mol. The third-order valence-corrected chi connectivity index (χ3v) is 4.03. The van der Waals surface area contributed by atoms with Gasteiger partial charge in [-0.1, -0.05) is 23.2 Å². The van der Waals surface area contributed by atoms with Crippen LogP contribution in [0.4, 0.5) is 11.5 Å². The highest BCUT2D eigenvalue weighted by Crippen LogP contribution is 2.28. The van der Waals surface area contributed by atoms with Crippen LogP contribution in [0.5, 0.6) is 0 Å². The summed E-state index contributed by atoms with van der Waals surface area (Å²) in [7, 11) is 0. The molecule has 0 fully saturated rings. The molecule has 0 amide bonds. The smallest absolute Gasteiger partial charge is 0.245 e. The van der Waals surface area contributed by atoms with E-state index in [1.54, 1.807) is 24.5 Å². The number of benzene rings is 1. The van der Waals surface area contributed by atoms with E-state index in [2.05, 4.69) is 30.2 Å². The van der Waals surface area contributed by atoms with Crippen molar-refractivity contribution < 1.29 is 9.05 Å². The quantitative estimate of drug-likeness (QED) is 0.580. The number of halogens is 2. The molecule has 9 heteroatoms. The molecule has 7 nitrogen and oxygen atoms in total. The van der Waals surface area contributed by atoms with E-state index in [-0.39, 0.29) is 0 Å². The molecule has 4 rings (SSSR count). The number of nitrogens with one attached hydrogen (secondary N) is 1. The molecule has 0 radical (unpaired) electrons. The Morgan fingerprint density at radius 2 is 1.83 bits per heavy atom. The third kappa shape index (κ3) is 2.91. The summed E-state index contributed by atoms with van der Waals surface area (Å²) < 4.78 is 10.1. The first kappa shape index (κ1) is 14.9. The lowest BCUT2D eigenvalue weighted by atomic mass is 10.2. The van der Waals surface area contributed by atoms with Crippen molar-refractivity contribution in [1.82, 2.24) is 20.3 Å². The summed E-state index contributed by atoms with van der Waals surface area (Å²) >= 11 is 12.0. The van der Waals surface area contributed by atoms with Crippen LogP contribution in [0.15, 0.2) is 45.6 Å². The number of rotatable bonds is 4. The van der Waals surface area contributed by atoms with Crippen LogP contribution < -0.4 is 5.32 Å². The van der Waals surface area contributed by atoms with Gasteiger partial charge in [-0.15, -0.1) is 0 Å². The molecule has 0 saturated carbocycles. The average Bonchev–Trinajstić information content (AvgIpc) is 3.22. The molecule has 3 heterocycles. The van der Waals surface area contributed by atoms with Crippen molar-refractivity contribution in [2.75, 3.05) is 5.32 Å². The lowest BCUT2D eigenvalue weighted by Crippen LogP contribution is -2.03. The van der Waals surface area contributed by atoms with Gasteiger partial charge in [0.05, 0.1) is 28.4 Å². The topological polar surface area (TPSA) is 89.9 Å². The summed E-state index contributed by atoms with van der Waals surface area (Å²) in [6.07, 6.45) is 2.04. The molecule has 1 N–H and O–H groups in total. The molecule has 0 saturated heterocycles. The summed E-state index contributed by atoms with van der Waals surface area (Å²) in [5.74, 6) is 1.25. The molecular weight excluding hydrogens is 353 g/mol. The number of furan rings is 1. The molecule has 0 aliphatic heterocycles. The number of hydrogen-bond donors (Lipinski definition) is 1. The van der Waals surface area contributed by atoms with E-state index in [4.69, 9.17) is 27.6 Å². The van der Waals surface area contributed by atoms with Crippen molar-refractivity contribution in [3.05, 3.63) is 58.1 Å². The largest absolute Gasteiger partial charge is 0.469 e. The molecule has 3 aromatic heterocycles. The number of hydrogen-bond acceptors (Lipinski definition) is 7. The zero-order valence-corrected chi connectivity index (χ0v) is 13.5. The van der Waals surface area contributed by atoms with E-state index in [9.17, 15) is 0 Å². The predicted octanol–water partition coefficient (Wildman–Crippen LogP) is 4.25. The minimum atomic E-state index is 0.306. The van der Waals surface area contributed by atoms with Crippen LogP contribution in [0.2, 0.25) is 10.0 Å². The summed E-state index contributed by atoms with van der Waals surface area (Å²) in [4.78, 5) is 8.84. The normalized spacial score (nSPS) is 11.1. The molecule has 0 bridgehead atoms. The molecule has 24 heavy (non-hydrogen) atoms. The molecule has 1 aromatic carbocycles. The lowest BCUT2D eigenvalue weighted by Gasteiger charge is -2.10. The third-order valence-electron chi connectivity index (χ3n) is 3.29. The van der Waals surface area contributed by atoms with Crippen molar-refractivity contribution in [2.24, 2.45) is 0 Å². The molecule has 0 spiro atoms. The number of aromatic nitrogens is 4. The van der Waals surface area contributed by atoms with Crippen molar-refractivity contribution in [3.8, 4) is 0 Å². The Labute approximate surface area is 145 Å². The zero-order valence-electron chi connectivity index (χ0n) is 12.0. The first-order chi connectivity index (χ1) is 11.7. The van der Waals surface area contributed by atoms with Gasteiger partial charge in [0.15, 0.2) is 5.82 Å². The molecule has 0 unspecified atom stereocenters. The fourth-order valence-electron chi connectivity index (χ4n) is 2.18. The van der Waals surface area contributed by atoms with E-state index in [1.807, 2.05) is 12.1 Å². The van der Waals surface area contributed by atoms with Gasteiger partial charge in [0, 0.05) is 5.69 Å².